The lowest BCUT2D eigenvalue weighted by atomic mass is 10.2. The lowest BCUT2D eigenvalue weighted by Crippen LogP contribution is -2.42. The van der Waals surface area contributed by atoms with Crippen molar-refractivity contribution in [2.45, 2.75) is 19.4 Å². The van der Waals surface area contributed by atoms with Crippen LogP contribution in [0.2, 0.25) is 6.04 Å². The molecule has 1 aromatic carbocycles. The van der Waals surface area contributed by atoms with Crippen LogP contribution in [0.5, 0.6) is 0 Å². The Kier molecular flexibility index (Phi) is 9.81. The maximum atomic E-state index is 5.36. The summed E-state index contributed by atoms with van der Waals surface area (Å²) in [5.41, 5.74) is 6.68. The fraction of sp³-hybridized carbons (Fsp3) is 0.538. The minimum absolute atomic E-state index is 0.644. The van der Waals surface area contributed by atoms with Crippen LogP contribution in [-0.2, 0) is 13.3 Å². The highest BCUT2D eigenvalue weighted by atomic mass is 28.4. The number of aryl methyl sites for hydroxylation is 1. The lowest BCUT2D eigenvalue weighted by molar-refractivity contribution is 0.123. The van der Waals surface area contributed by atoms with E-state index in [9.17, 15) is 0 Å². The van der Waals surface area contributed by atoms with Crippen molar-refractivity contribution in [1.82, 2.24) is 0 Å². The summed E-state index contributed by atoms with van der Waals surface area (Å²) in [6, 6.07) is 11.0. The van der Waals surface area contributed by atoms with E-state index < -0.39 is 8.80 Å². The number of nitrogens with two attached hydrogens (primary N) is 1. The number of hydrogen-bond acceptors (Lipinski definition) is 4. The fourth-order valence-electron chi connectivity index (χ4n) is 1.41. The van der Waals surface area contributed by atoms with Crippen molar-refractivity contribution in [2.75, 3.05) is 27.9 Å². The molecule has 104 valence electrons. The molecular weight excluding hydrogens is 246 g/mol. The smallest absolute Gasteiger partial charge is 0.377 e. The zero-order valence-electron chi connectivity index (χ0n) is 11.8. The van der Waals surface area contributed by atoms with Gasteiger partial charge >= 0.3 is 8.80 Å². The molecule has 0 spiro atoms. The van der Waals surface area contributed by atoms with Gasteiger partial charge in [-0.1, -0.05) is 35.9 Å². The van der Waals surface area contributed by atoms with Gasteiger partial charge in [0.05, 0.1) is 0 Å². The van der Waals surface area contributed by atoms with E-state index in [1.54, 1.807) is 21.3 Å². The zero-order chi connectivity index (χ0) is 13.9. The molecule has 0 bridgehead atoms. The second-order valence-electron chi connectivity index (χ2n) is 3.84. The SMILES string of the molecule is CO[Si](CCCN)(OC)OC.Cc1ccccc1. The van der Waals surface area contributed by atoms with Gasteiger partial charge in [-0.2, -0.15) is 0 Å². The summed E-state index contributed by atoms with van der Waals surface area (Å²) in [4.78, 5) is 0. The Morgan fingerprint density at radius 2 is 1.50 bits per heavy atom. The molecule has 0 aliphatic rings. The third-order valence-electron chi connectivity index (χ3n) is 2.56. The molecule has 0 aliphatic heterocycles. The van der Waals surface area contributed by atoms with Gasteiger partial charge in [0.25, 0.3) is 0 Å². The Morgan fingerprint density at radius 1 is 1.00 bits per heavy atom. The van der Waals surface area contributed by atoms with Crippen molar-refractivity contribution in [3.05, 3.63) is 35.9 Å². The van der Waals surface area contributed by atoms with Crippen LogP contribution in [0.25, 0.3) is 0 Å². The molecule has 5 heteroatoms. The Labute approximate surface area is 111 Å². The van der Waals surface area contributed by atoms with E-state index in [-0.39, 0.29) is 0 Å². The van der Waals surface area contributed by atoms with Crippen LogP contribution in [0.4, 0.5) is 0 Å². The van der Waals surface area contributed by atoms with Crippen LogP contribution in [0.15, 0.2) is 30.3 Å². The highest BCUT2D eigenvalue weighted by Crippen LogP contribution is 2.13. The number of hydrogen-bond donors (Lipinski definition) is 1. The highest BCUT2D eigenvalue weighted by Gasteiger charge is 2.36. The maximum Gasteiger partial charge on any atom is 0.500 e. The third-order valence-corrected chi connectivity index (χ3v) is 5.39. The predicted octanol–water partition coefficient (Wildman–Crippen LogP) is 2.21. The van der Waals surface area contributed by atoms with Gasteiger partial charge in [-0.15, -0.1) is 0 Å². The first-order valence-corrected chi connectivity index (χ1v) is 7.94. The summed E-state index contributed by atoms with van der Waals surface area (Å²) in [6.45, 7) is 2.73. The molecule has 0 saturated heterocycles. The van der Waals surface area contributed by atoms with E-state index in [2.05, 4.69) is 19.1 Å². The highest BCUT2D eigenvalue weighted by molar-refractivity contribution is 6.60. The first-order valence-electron chi connectivity index (χ1n) is 6.01. The van der Waals surface area contributed by atoms with Gasteiger partial charge in [-0.05, 0) is 19.9 Å². The van der Waals surface area contributed by atoms with E-state index in [1.807, 2.05) is 18.2 Å². The van der Waals surface area contributed by atoms with Gasteiger partial charge in [-0.3, -0.25) is 0 Å². The summed E-state index contributed by atoms with van der Waals surface area (Å²) in [7, 11) is 2.50. The minimum atomic E-state index is -2.32. The van der Waals surface area contributed by atoms with E-state index in [1.165, 1.54) is 5.56 Å². The standard InChI is InChI=1S/C7H8.C6H17NO3Si/c1-7-5-3-2-4-6-7;1-8-11(9-2,10-3)6-4-5-7/h2-6H,1H3;4-7H2,1-3H3. The third kappa shape index (κ3) is 6.88. The topological polar surface area (TPSA) is 53.7 Å². The molecule has 0 radical (unpaired) electrons. The van der Waals surface area contributed by atoms with E-state index in [0.717, 1.165) is 12.5 Å². The van der Waals surface area contributed by atoms with Crippen molar-refractivity contribution >= 4 is 8.80 Å². The molecule has 0 amide bonds. The quantitative estimate of drug-likeness (QED) is 0.806. The van der Waals surface area contributed by atoms with Crippen molar-refractivity contribution in [3.63, 3.8) is 0 Å². The Bertz CT molecular complexity index is 283. The number of benzene rings is 1. The molecule has 0 aromatic heterocycles. The zero-order valence-corrected chi connectivity index (χ0v) is 12.8. The molecule has 1 rings (SSSR count). The second-order valence-corrected chi connectivity index (χ2v) is 6.93. The van der Waals surface area contributed by atoms with Gasteiger partial charge in [-0.25, -0.2) is 0 Å². The molecule has 18 heavy (non-hydrogen) atoms. The Hall–Kier alpha value is -0.723. The van der Waals surface area contributed by atoms with Crippen molar-refractivity contribution in [3.8, 4) is 0 Å². The molecule has 0 heterocycles. The minimum Gasteiger partial charge on any atom is -0.377 e. The molecule has 0 unspecified atom stereocenters. The van der Waals surface area contributed by atoms with Crippen molar-refractivity contribution < 1.29 is 13.3 Å². The van der Waals surface area contributed by atoms with Gasteiger partial charge in [0.2, 0.25) is 0 Å². The average Bonchev–Trinajstić information content (AvgIpc) is 2.43. The maximum absolute atomic E-state index is 5.36. The van der Waals surface area contributed by atoms with Crippen LogP contribution in [0.1, 0.15) is 12.0 Å². The Morgan fingerprint density at radius 3 is 1.78 bits per heavy atom. The lowest BCUT2D eigenvalue weighted by Gasteiger charge is -2.23. The van der Waals surface area contributed by atoms with Gasteiger partial charge in [0, 0.05) is 27.4 Å². The van der Waals surface area contributed by atoms with Gasteiger partial charge in [0.1, 0.15) is 0 Å². The first-order chi connectivity index (χ1) is 8.64. The van der Waals surface area contributed by atoms with Gasteiger partial charge in [0.15, 0.2) is 0 Å². The van der Waals surface area contributed by atoms with Crippen LogP contribution in [-0.4, -0.2) is 36.7 Å². The molecule has 2 N–H and O–H groups in total. The Balaban J connectivity index is 0.000000351. The van der Waals surface area contributed by atoms with Crippen LogP contribution >= 0.6 is 0 Å². The van der Waals surface area contributed by atoms with Gasteiger partial charge < -0.3 is 19.0 Å². The monoisotopic (exact) mass is 271 g/mol. The van der Waals surface area contributed by atoms with Crippen molar-refractivity contribution in [1.29, 1.82) is 0 Å². The molecule has 0 atom stereocenters. The fourth-order valence-corrected chi connectivity index (χ4v) is 3.16. The first kappa shape index (κ1) is 17.3. The van der Waals surface area contributed by atoms with Crippen LogP contribution in [0, 0.1) is 6.92 Å². The summed E-state index contributed by atoms with van der Waals surface area (Å²) >= 11 is 0. The van der Waals surface area contributed by atoms with Crippen LogP contribution in [0.3, 0.4) is 0 Å². The average molecular weight is 271 g/mol. The summed E-state index contributed by atoms with van der Waals surface area (Å²) in [6.07, 6.45) is 0.877. The van der Waals surface area contributed by atoms with E-state index >= 15 is 0 Å². The normalized spacial score (nSPS) is 10.7. The van der Waals surface area contributed by atoms with Crippen LogP contribution < -0.4 is 5.73 Å². The van der Waals surface area contributed by atoms with E-state index in [4.69, 9.17) is 19.0 Å². The molecule has 4 nitrogen and oxygen atoms in total. The second kappa shape index (κ2) is 10.2. The summed E-state index contributed by atoms with van der Waals surface area (Å²) in [5, 5.41) is 0. The summed E-state index contributed by atoms with van der Waals surface area (Å²) in [5.74, 6) is 0. The molecule has 0 fully saturated rings. The summed E-state index contributed by atoms with van der Waals surface area (Å²) < 4.78 is 15.5. The molecular formula is C13H25NO3Si. The molecule has 1 aromatic rings. The van der Waals surface area contributed by atoms with Crippen molar-refractivity contribution in [2.24, 2.45) is 5.73 Å². The van der Waals surface area contributed by atoms with E-state index in [0.29, 0.717) is 6.54 Å². The molecule has 0 aliphatic carbocycles. The molecule has 0 saturated carbocycles. The predicted molar refractivity (Wildman–Crippen MR) is 76.4 cm³/mol. The number of rotatable bonds is 6. The largest absolute Gasteiger partial charge is 0.500 e.